The number of sulfonamides is 1. The molecule has 2 heterocycles. The van der Waals surface area contributed by atoms with Crippen molar-refractivity contribution in [3.8, 4) is 5.75 Å². The highest BCUT2D eigenvalue weighted by Crippen LogP contribution is 2.30. The maximum atomic E-state index is 12.8. The molecule has 2 aliphatic rings. The summed E-state index contributed by atoms with van der Waals surface area (Å²) < 4.78 is 56.9. The third-order valence-electron chi connectivity index (χ3n) is 4.65. The average molecular weight is 374 g/mol. The van der Waals surface area contributed by atoms with Crippen molar-refractivity contribution < 1.29 is 21.6 Å². The van der Waals surface area contributed by atoms with Crippen LogP contribution in [0.4, 0.5) is 0 Å². The minimum atomic E-state index is -3.87. The summed E-state index contributed by atoms with van der Waals surface area (Å²) in [5, 5.41) is 3.46. The Morgan fingerprint density at radius 1 is 1.12 bits per heavy atom. The summed E-state index contributed by atoms with van der Waals surface area (Å²) in [5.74, 6) is 0.131. The van der Waals surface area contributed by atoms with Crippen LogP contribution in [0.2, 0.25) is 0 Å². The van der Waals surface area contributed by atoms with Crippen molar-refractivity contribution >= 4 is 19.9 Å². The number of hydrogen-bond donors (Lipinski definition) is 2. The monoisotopic (exact) mass is 374 g/mol. The summed E-state index contributed by atoms with van der Waals surface area (Å²) in [4.78, 5) is -0.187. The van der Waals surface area contributed by atoms with Gasteiger partial charge in [-0.25, -0.2) is 21.6 Å². The summed E-state index contributed by atoms with van der Waals surface area (Å²) in [7, 11) is -6.02. The van der Waals surface area contributed by atoms with E-state index in [1.807, 2.05) is 0 Å². The van der Waals surface area contributed by atoms with Crippen molar-refractivity contribution in [1.29, 1.82) is 0 Å². The van der Waals surface area contributed by atoms with Gasteiger partial charge in [0.05, 0.1) is 12.0 Å². The molecule has 2 fully saturated rings. The van der Waals surface area contributed by atoms with E-state index in [9.17, 15) is 16.8 Å². The van der Waals surface area contributed by atoms with E-state index in [1.165, 1.54) is 19.2 Å². The largest absolute Gasteiger partial charge is 0.495 e. The molecule has 7 nitrogen and oxygen atoms in total. The first kappa shape index (κ1) is 17.7. The zero-order chi connectivity index (χ0) is 17.5. The maximum Gasteiger partial charge on any atom is 0.244 e. The number of ether oxygens (including phenoxy) is 1. The number of fused-ring (bicyclic) bond motifs is 2. The predicted octanol–water partition coefficient (Wildman–Crippen LogP) is 0.660. The van der Waals surface area contributed by atoms with Gasteiger partial charge in [-0.05, 0) is 43.9 Å². The second kappa shape index (κ2) is 6.29. The lowest BCUT2D eigenvalue weighted by Gasteiger charge is -2.29. The molecule has 2 bridgehead atoms. The number of nitrogens with one attached hydrogen (secondary N) is 2. The van der Waals surface area contributed by atoms with Crippen molar-refractivity contribution in [1.82, 2.24) is 10.0 Å². The van der Waals surface area contributed by atoms with Gasteiger partial charge in [0.2, 0.25) is 10.0 Å². The zero-order valence-corrected chi connectivity index (χ0v) is 15.3. The van der Waals surface area contributed by atoms with E-state index < -0.39 is 19.9 Å². The number of rotatable bonds is 5. The van der Waals surface area contributed by atoms with Crippen LogP contribution in [0.3, 0.4) is 0 Å². The van der Waals surface area contributed by atoms with Crippen molar-refractivity contribution in [2.75, 3.05) is 13.4 Å². The van der Waals surface area contributed by atoms with Crippen LogP contribution in [0.15, 0.2) is 28.0 Å². The van der Waals surface area contributed by atoms with Gasteiger partial charge in [-0.3, -0.25) is 0 Å². The van der Waals surface area contributed by atoms with Crippen LogP contribution in [0, 0.1) is 0 Å². The summed E-state index contributed by atoms with van der Waals surface area (Å²) in [6, 6.07) is 4.42. The molecule has 3 rings (SSSR count). The van der Waals surface area contributed by atoms with Gasteiger partial charge in [-0.15, -0.1) is 0 Å². The zero-order valence-electron chi connectivity index (χ0n) is 13.7. The van der Waals surface area contributed by atoms with E-state index in [1.54, 1.807) is 0 Å². The fourth-order valence-corrected chi connectivity index (χ4v) is 5.71. The second-order valence-electron chi connectivity index (χ2n) is 6.51. The highest BCUT2D eigenvalue weighted by Gasteiger charge is 2.36. The molecule has 2 unspecified atom stereocenters. The Morgan fingerprint density at radius 2 is 1.75 bits per heavy atom. The van der Waals surface area contributed by atoms with Crippen molar-refractivity contribution in [3.05, 3.63) is 18.2 Å². The predicted molar refractivity (Wildman–Crippen MR) is 89.4 cm³/mol. The van der Waals surface area contributed by atoms with E-state index in [-0.39, 0.29) is 21.6 Å². The third-order valence-corrected chi connectivity index (χ3v) is 7.30. The number of sulfone groups is 1. The molecule has 24 heavy (non-hydrogen) atoms. The van der Waals surface area contributed by atoms with Crippen LogP contribution in [0.1, 0.15) is 25.7 Å². The van der Waals surface area contributed by atoms with E-state index in [0.717, 1.165) is 38.0 Å². The first-order valence-corrected chi connectivity index (χ1v) is 11.2. The van der Waals surface area contributed by atoms with Gasteiger partial charge in [-0.2, -0.15) is 0 Å². The molecule has 0 spiro atoms. The first-order chi connectivity index (χ1) is 11.2. The van der Waals surface area contributed by atoms with Gasteiger partial charge in [0.1, 0.15) is 10.6 Å². The topological polar surface area (TPSA) is 102 Å². The summed E-state index contributed by atoms with van der Waals surface area (Å²) in [5.41, 5.74) is 0. The molecule has 0 radical (unpaired) electrons. The molecule has 2 saturated heterocycles. The summed E-state index contributed by atoms with van der Waals surface area (Å²) in [6.45, 7) is 0. The minimum Gasteiger partial charge on any atom is -0.495 e. The third kappa shape index (κ3) is 3.58. The second-order valence-corrected chi connectivity index (χ2v) is 10.2. The smallest absolute Gasteiger partial charge is 0.244 e. The Bertz CT molecular complexity index is 823. The lowest BCUT2D eigenvalue weighted by atomic mass is 10.0. The number of methoxy groups -OCH3 is 1. The molecule has 9 heteroatoms. The Balaban J connectivity index is 1.91. The van der Waals surface area contributed by atoms with Crippen LogP contribution in [0.25, 0.3) is 0 Å². The number of benzene rings is 1. The molecule has 1 aromatic rings. The van der Waals surface area contributed by atoms with Gasteiger partial charge < -0.3 is 10.1 Å². The lowest BCUT2D eigenvalue weighted by Crippen LogP contribution is -2.47. The summed E-state index contributed by atoms with van der Waals surface area (Å²) in [6.07, 6.45) is 4.66. The quantitative estimate of drug-likeness (QED) is 0.785. The standard InChI is InChI=1S/C15H22N2O5S2/c1-22-14-6-5-13(23(2,18)19)9-15(14)24(20,21)17-12-7-10-3-4-11(8-12)16-10/h5-6,9-12,16-17H,3-4,7-8H2,1-2H3. The molecule has 2 atom stereocenters. The fourth-order valence-electron chi connectivity index (χ4n) is 3.53. The molecule has 0 amide bonds. The average Bonchev–Trinajstić information content (AvgIpc) is 2.84. The van der Waals surface area contributed by atoms with Gasteiger partial charge in [0, 0.05) is 24.4 Å². The fraction of sp³-hybridized carbons (Fsp3) is 0.600. The van der Waals surface area contributed by atoms with Crippen LogP contribution in [-0.4, -0.2) is 48.3 Å². The molecular formula is C15H22N2O5S2. The van der Waals surface area contributed by atoms with Gasteiger partial charge in [0.15, 0.2) is 9.84 Å². The maximum absolute atomic E-state index is 12.8. The van der Waals surface area contributed by atoms with Crippen molar-refractivity contribution in [2.24, 2.45) is 0 Å². The van der Waals surface area contributed by atoms with Crippen LogP contribution >= 0.6 is 0 Å². The molecule has 1 aromatic carbocycles. The van der Waals surface area contributed by atoms with Crippen LogP contribution < -0.4 is 14.8 Å². The molecule has 0 aromatic heterocycles. The highest BCUT2D eigenvalue weighted by atomic mass is 32.2. The van der Waals surface area contributed by atoms with Crippen molar-refractivity contribution in [2.45, 2.75) is 53.6 Å². The van der Waals surface area contributed by atoms with Crippen LogP contribution in [-0.2, 0) is 19.9 Å². The highest BCUT2D eigenvalue weighted by molar-refractivity contribution is 7.91. The Labute approximate surface area is 142 Å². The first-order valence-electron chi connectivity index (χ1n) is 7.85. The number of piperidine rings is 1. The van der Waals surface area contributed by atoms with E-state index in [2.05, 4.69) is 10.0 Å². The molecular weight excluding hydrogens is 352 g/mol. The molecule has 2 N–H and O–H groups in total. The molecule has 134 valence electrons. The number of hydrogen-bond acceptors (Lipinski definition) is 6. The van der Waals surface area contributed by atoms with Gasteiger partial charge in [0.25, 0.3) is 0 Å². The lowest BCUT2D eigenvalue weighted by molar-refractivity contribution is 0.344. The Morgan fingerprint density at radius 3 is 2.29 bits per heavy atom. The van der Waals surface area contributed by atoms with E-state index in [0.29, 0.717) is 12.1 Å². The SMILES string of the molecule is COc1ccc(S(C)(=O)=O)cc1S(=O)(=O)NC1CC2CCC(C1)N2. The molecule has 0 aliphatic carbocycles. The van der Waals surface area contributed by atoms with Crippen LogP contribution in [0.5, 0.6) is 5.75 Å². The van der Waals surface area contributed by atoms with Crippen molar-refractivity contribution in [3.63, 3.8) is 0 Å². The Kier molecular flexibility index (Phi) is 4.63. The van der Waals surface area contributed by atoms with E-state index >= 15 is 0 Å². The van der Waals surface area contributed by atoms with Gasteiger partial charge >= 0.3 is 0 Å². The Hall–Kier alpha value is -1.16. The summed E-state index contributed by atoms with van der Waals surface area (Å²) >= 11 is 0. The van der Waals surface area contributed by atoms with Gasteiger partial charge in [-0.1, -0.05) is 0 Å². The molecule has 2 aliphatic heterocycles. The molecule has 0 saturated carbocycles. The van der Waals surface area contributed by atoms with E-state index in [4.69, 9.17) is 4.74 Å². The normalized spacial score (nSPS) is 27.2. The minimum absolute atomic E-state index is 0.0472.